The highest BCUT2D eigenvalue weighted by Gasteiger charge is 2.13. The smallest absolute Gasteiger partial charge is 0.191 e. The number of hydrogen-bond acceptors (Lipinski definition) is 4. The second-order valence-electron chi connectivity index (χ2n) is 7.34. The van der Waals surface area contributed by atoms with Gasteiger partial charge >= 0.3 is 0 Å². The van der Waals surface area contributed by atoms with Crippen LogP contribution in [0.5, 0.6) is 0 Å². The predicted octanol–water partition coefficient (Wildman–Crippen LogP) is 4.51. The van der Waals surface area contributed by atoms with Crippen LogP contribution in [0, 0.1) is 0 Å². The number of guanidine groups is 1. The van der Waals surface area contributed by atoms with Crippen LogP contribution in [0.2, 0.25) is 0 Å². The molecule has 0 saturated carbocycles. The van der Waals surface area contributed by atoms with Gasteiger partial charge in [-0.2, -0.15) is 0 Å². The first-order valence-electron chi connectivity index (χ1n) is 10.3. The van der Waals surface area contributed by atoms with Gasteiger partial charge < -0.3 is 20.1 Å². The van der Waals surface area contributed by atoms with E-state index in [9.17, 15) is 0 Å². The van der Waals surface area contributed by atoms with Gasteiger partial charge in [0.2, 0.25) is 0 Å². The van der Waals surface area contributed by atoms with Crippen molar-refractivity contribution >= 4 is 29.9 Å². The summed E-state index contributed by atoms with van der Waals surface area (Å²) < 4.78 is 5.49. The van der Waals surface area contributed by atoms with E-state index < -0.39 is 0 Å². The Morgan fingerprint density at radius 2 is 1.83 bits per heavy atom. The first-order valence-corrected chi connectivity index (χ1v) is 10.3. The maximum absolute atomic E-state index is 5.49. The van der Waals surface area contributed by atoms with E-state index in [4.69, 9.17) is 9.52 Å². The molecule has 0 fully saturated rings. The highest BCUT2D eigenvalue weighted by Crippen LogP contribution is 2.22. The van der Waals surface area contributed by atoms with Gasteiger partial charge in [-0.25, -0.2) is 4.99 Å². The second-order valence-corrected chi connectivity index (χ2v) is 7.34. The number of nitrogens with one attached hydrogen (secondary N) is 2. The van der Waals surface area contributed by atoms with Gasteiger partial charge in [0.15, 0.2) is 11.7 Å². The SMILES string of the molecule is CCNC(=NCc1cccc(CN(C)C)c1)NCc1cc(C(CC)CC)no1.I. The largest absolute Gasteiger partial charge is 0.359 e. The van der Waals surface area contributed by atoms with Crippen molar-refractivity contribution in [3.63, 3.8) is 0 Å². The van der Waals surface area contributed by atoms with Crippen LogP contribution in [-0.2, 0) is 19.6 Å². The number of benzene rings is 1. The Morgan fingerprint density at radius 3 is 2.48 bits per heavy atom. The van der Waals surface area contributed by atoms with Gasteiger partial charge in [0, 0.05) is 25.1 Å². The van der Waals surface area contributed by atoms with E-state index in [0.717, 1.165) is 43.3 Å². The molecule has 2 aromatic rings. The average molecular weight is 513 g/mol. The third-order valence-electron chi connectivity index (χ3n) is 4.67. The molecule has 0 saturated heterocycles. The van der Waals surface area contributed by atoms with Crippen molar-refractivity contribution in [3.05, 3.63) is 52.9 Å². The maximum atomic E-state index is 5.49. The summed E-state index contributed by atoms with van der Waals surface area (Å²) in [5, 5.41) is 10.9. The summed E-state index contributed by atoms with van der Waals surface area (Å²) in [4.78, 5) is 6.88. The highest BCUT2D eigenvalue weighted by molar-refractivity contribution is 14.0. The third kappa shape index (κ3) is 8.74. The van der Waals surface area contributed by atoms with Crippen LogP contribution in [0.25, 0.3) is 0 Å². The number of nitrogens with zero attached hydrogens (tertiary/aromatic N) is 3. The zero-order chi connectivity index (χ0) is 20.4. The number of aliphatic imine (C=N–C) groups is 1. The summed E-state index contributed by atoms with van der Waals surface area (Å²) >= 11 is 0. The van der Waals surface area contributed by atoms with Crippen molar-refractivity contribution in [1.82, 2.24) is 20.7 Å². The molecule has 1 aromatic heterocycles. The second kappa shape index (κ2) is 13.6. The van der Waals surface area contributed by atoms with E-state index in [0.29, 0.717) is 19.0 Å². The van der Waals surface area contributed by atoms with Crippen molar-refractivity contribution in [2.45, 2.75) is 59.2 Å². The minimum absolute atomic E-state index is 0. The van der Waals surface area contributed by atoms with Gasteiger partial charge in [0.05, 0.1) is 18.8 Å². The summed E-state index contributed by atoms with van der Waals surface area (Å²) in [6, 6.07) is 10.6. The average Bonchev–Trinajstić information content (AvgIpc) is 3.13. The number of rotatable bonds is 10. The fourth-order valence-electron chi connectivity index (χ4n) is 3.19. The molecule has 0 aliphatic rings. The van der Waals surface area contributed by atoms with Crippen molar-refractivity contribution in [2.75, 3.05) is 20.6 Å². The fourth-order valence-corrected chi connectivity index (χ4v) is 3.19. The van der Waals surface area contributed by atoms with Crippen LogP contribution in [-0.4, -0.2) is 36.7 Å². The number of halogens is 1. The molecule has 2 rings (SSSR count). The first kappa shape index (κ1) is 25.4. The monoisotopic (exact) mass is 513 g/mol. The van der Waals surface area contributed by atoms with Gasteiger partial charge in [-0.05, 0) is 45.0 Å². The van der Waals surface area contributed by atoms with Crippen LogP contribution in [0.15, 0.2) is 39.8 Å². The third-order valence-corrected chi connectivity index (χ3v) is 4.67. The molecule has 0 aliphatic carbocycles. The van der Waals surface area contributed by atoms with Crippen molar-refractivity contribution in [2.24, 2.45) is 4.99 Å². The first-order chi connectivity index (χ1) is 13.5. The molecule has 0 amide bonds. The maximum Gasteiger partial charge on any atom is 0.191 e. The topological polar surface area (TPSA) is 65.7 Å². The van der Waals surface area contributed by atoms with Gasteiger partial charge in [0.25, 0.3) is 0 Å². The van der Waals surface area contributed by atoms with Gasteiger partial charge in [-0.15, -0.1) is 24.0 Å². The molecule has 0 unspecified atom stereocenters. The Balaban J connectivity index is 0.00000420. The molecule has 0 atom stereocenters. The Labute approximate surface area is 192 Å². The number of hydrogen-bond donors (Lipinski definition) is 2. The molecule has 2 N–H and O–H groups in total. The van der Waals surface area contributed by atoms with E-state index in [1.165, 1.54) is 11.1 Å². The van der Waals surface area contributed by atoms with E-state index in [1.54, 1.807) is 0 Å². The van der Waals surface area contributed by atoms with Crippen LogP contribution in [0.1, 0.15) is 62.1 Å². The molecule has 6 nitrogen and oxygen atoms in total. The molecule has 0 spiro atoms. The van der Waals surface area contributed by atoms with Crippen LogP contribution >= 0.6 is 24.0 Å². The van der Waals surface area contributed by atoms with E-state index in [-0.39, 0.29) is 24.0 Å². The quantitative estimate of drug-likeness (QED) is 0.278. The Hall–Kier alpha value is -1.61. The molecule has 0 bridgehead atoms. The minimum atomic E-state index is 0. The Morgan fingerprint density at radius 1 is 1.10 bits per heavy atom. The van der Waals surface area contributed by atoms with Gasteiger partial charge in [0.1, 0.15) is 0 Å². The van der Waals surface area contributed by atoms with E-state index in [2.05, 4.69) is 85.9 Å². The van der Waals surface area contributed by atoms with Crippen LogP contribution in [0.4, 0.5) is 0 Å². The molecule has 162 valence electrons. The van der Waals surface area contributed by atoms with Crippen molar-refractivity contribution in [1.29, 1.82) is 0 Å². The molecule has 7 heteroatoms. The molecular formula is C22H36IN5O. The van der Waals surface area contributed by atoms with Gasteiger partial charge in [-0.3, -0.25) is 0 Å². The zero-order valence-electron chi connectivity index (χ0n) is 18.4. The Kier molecular flexibility index (Phi) is 11.9. The van der Waals surface area contributed by atoms with Gasteiger partial charge in [-0.1, -0.05) is 43.3 Å². The molecule has 1 aromatic carbocycles. The number of aromatic nitrogens is 1. The van der Waals surface area contributed by atoms with Crippen molar-refractivity contribution < 1.29 is 4.52 Å². The molecule has 29 heavy (non-hydrogen) atoms. The molecule has 1 heterocycles. The summed E-state index contributed by atoms with van der Waals surface area (Å²) in [5.41, 5.74) is 3.54. The summed E-state index contributed by atoms with van der Waals surface area (Å²) in [5.74, 6) is 2.08. The van der Waals surface area contributed by atoms with E-state index in [1.807, 2.05) is 0 Å². The minimum Gasteiger partial charge on any atom is -0.359 e. The fraction of sp³-hybridized carbons (Fsp3) is 0.545. The highest BCUT2D eigenvalue weighted by atomic mass is 127. The lowest BCUT2D eigenvalue weighted by Crippen LogP contribution is -2.36. The van der Waals surface area contributed by atoms with Crippen LogP contribution in [0.3, 0.4) is 0 Å². The molecule has 0 radical (unpaired) electrons. The molecule has 0 aliphatic heterocycles. The molecular weight excluding hydrogens is 477 g/mol. The van der Waals surface area contributed by atoms with E-state index >= 15 is 0 Å². The van der Waals surface area contributed by atoms with Crippen molar-refractivity contribution in [3.8, 4) is 0 Å². The Bertz CT molecular complexity index is 740. The summed E-state index contributed by atoms with van der Waals surface area (Å²) in [6.07, 6.45) is 2.15. The predicted molar refractivity (Wildman–Crippen MR) is 131 cm³/mol. The zero-order valence-corrected chi connectivity index (χ0v) is 20.7. The standard InChI is InChI=1S/C22H35N5O.HI/c1-6-19(7-2)21-13-20(28-26-21)15-25-22(23-8-3)24-14-17-10-9-11-18(12-17)16-27(4)5;/h9-13,19H,6-8,14-16H2,1-5H3,(H2,23,24,25);1H. The normalized spacial score (nSPS) is 11.6. The lowest BCUT2D eigenvalue weighted by atomic mass is 9.99. The summed E-state index contributed by atoms with van der Waals surface area (Å²) in [7, 11) is 4.16. The lowest BCUT2D eigenvalue weighted by Gasteiger charge is -2.12. The van der Waals surface area contributed by atoms with Crippen LogP contribution < -0.4 is 10.6 Å². The lowest BCUT2D eigenvalue weighted by molar-refractivity contribution is 0.368. The summed E-state index contributed by atoms with van der Waals surface area (Å²) in [6.45, 7) is 9.37.